The Morgan fingerprint density at radius 3 is 2.74 bits per heavy atom. The zero-order valence-corrected chi connectivity index (χ0v) is 10.4. The summed E-state index contributed by atoms with van der Waals surface area (Å²) >= 11 is 0. The number of nitriles is 1. The SMILES string of the molecule is N#Cc1cn(C2CCCC2)c2ccc([N+](=O)[O-])cc12. The van der Waals surface area contributed by atoms with Gasteiger partial charge in [-0.1, -0.05) is 12.8 Å². The summed E-state index contributed by atoms with van der Waals surface area (Å²) in [5.74, 6) is 0. The second kappa shape index (κ2) is 4.39. The minimum atomic E-state index is -0.423. The summed E-state index contributed by atoms with van der Waals surface area (Å²) in [6, 6.07) is 7.32. The van der Waals surface area contributed by atoms with E-state index in [4.69, 9.17) is 0 Å². The maximum Gasteiger partial charge on any atom is 0.270 e. The molecule has 0 atom stereocenters. The summed E-state index contributed by atoms with van der Waals surface area (Å²) in [6.45, 7) is 0. The van der Waals surface area contributed by atoms with Crippen LogP contribution in [0.1, 0.15) is 37.3 Å². The van der Waals surface area contributed by atoms with Crippen LogP contribution in [0.25, 0.3) is 10.9 Å². The molecule has 5 nitrogen and oxygen atoms in total. The molecule has 3 rings (SSSR count). The number of nitro groups is 1. The monoisotopic (exact) mass is 255 g/mol. The van der Waals surface area contributed by atoms with Crippen LogP contribution in [-0.2, 0) is 0 Å². The minimum Gasteiger partial charge on any atom is -0.343 e. The number of nitrogens with zero attached hydrogens (tertiary/aromatic N) is 3. The first-order valence-corrected chi connectivity index (χ1v) is 6.40. The second-order valence-electron chi connectivity index (χ2n) is 4.96. The van der Waals surface area contributed by atoms with Crippen molar-refractivity contribution in [1.82, 2.24) is 4.57 Å². The number of hydrogen-bond donors (Lipinski definition) is 0. The van der Waals surface area contributed by atoms with Crippen molar-refractivity contribution < 1.29 is 4.92 Å². The van der Waals surface area contributed by atoms with Gasteiger partial charge in [-0.25, -0.2) is 0 Å². The molecule has 1 fully saturated rings. The van der Waals surface area contributed by atoms with Crippen LogP contribution in [0.5, 0.6) is 0 Å². The van der Waals surface area contributed by atoms with Crippen molar-refractivity contribution in [3.8, 4) is 6.07 Å². The fourth-order valence-electron chi connectivity index (χ4n) is 2.93. The van der Waals surface area contributed by atoms with Crippen molar-refractivity contribution in [2.45, 2.75) is 31.7 Å². The molecule has 0 saturated heterocycles. The molecule has 0 amide bonds. The third kappa shape index (κ3) is 1.85. The van der Waals surface area contributed by atoms with Crippen LogP contribution in [-0.4, -0.2) is 9.49 Å². The summed E-state index contributed by atoms with van der Waals surface area (Å²) in [5.41, 5.74) is 1.48. The van der Waals surface area contributed by atoms with Crippen molar-refractivity contribution in [2.24, 2.45) is 0 Å². The van der Waals surface area contributed by atoms with Gasteiger partial charge in [-0.15, -0.1) is 0 Å². The highest BCUT2D eigenvalue weighted by Gasteiger charge is 2.21. The molecule has 2 aromatic rings. The minimum absolute atomic E-state index is 0.0353. The van der Waals surface area contributed by atoms with Crippen molar-refractivity contribution in [3.63, 3.8) is 0 Å². The maximum atomic E-state index is 10.8. The molecule has 1 aromatic heterocycles. The topological polar surface area (TPSA) is 71.9 Å². The highest BCUT2D eigenvalue weighted by molar-refractivity contribution is 5.88. The highest BCUT2D eigenvalue weighted by atomic mass is 16.6. The van der Waals surface area contributed by atoms with Crippen LogP contribution in [0.4, 0.5) is 5.69 Å². The van der Waals surface area contributed by atoms with E-state index in [9.17, 15) is 15.4 Å². The molecule has 1 heterocycles. The van der Waals surface area contributed by atoms with E-state index >= 15 is 0 Å². The van der Waals surface area contributed by atoms with Crippen molar-refractivity contribution >= 4 is 16.6 Å². The quantitative estimate of drug-likeness (QED) is 0.608. The number of nitro benzene ring substituents is 1. The zero-order chi connectivity index (χ0) is 13.4. The molecule has 1 aliphatic carbocycles. The summed E-state index contributed by atoms with van der Waals surface area (Å²) in [4.78, 5) is 10.4. The van der Waals surface area contributed by atoms with Gasteiger partial charge in [0.1, 0.15) is 6.07 Å². The largest absolute Gasteiger partial charge is 0.343 e. The summed E-state index contributed by atoms with van der Waals surface area (Å²) < 4.78 is 2.12. The number of rotatable bonds is 2. The molecule has 0 N–H and O–H groups in total. The Balaban J connectivity index is 2.20. The van der Waals surface area contributed by atoms with Gasteiger partial charge in [-0.05, 0) is 18.9 Å². The molecule has 19 heavy (non-hydrogen) atoms. The third-order valence-electron chi connectivity index (χ3n) is 3.87. The van der Waals surface area contributed by atoms with Crippen LogP contribution >= 0.6 is 0 Å². The summed E-state index contributed by atoms with van der Waals surface area (Å²) in [6.07, 6.45) is 6.49. The van der Waals surface area contributed by atoms with Gasteiger partial charge in [-0.3, -0.25) is 10.1 Å². The fourth-order valence-corrected chi connectivity index (χ4v) is 2.93. The van der Waals surface area contributed by atoms with E-state index in [1.807, 2.05) is 6.20 Å². The van der Waals surface area contributed by atoms with E-state index in [1.54, 1.807) is 6.07 Å². The lowest BCUT2D eigenvalue weighted by atomic mass is 10.1. The third-order valence-corrected chi connectivity index (χ3v) is 3.87. The van der Waals surface area contributed by atoms with Crippen LogP contribution in [0.15, 0.2) is 24.4 Å². The van der Waals surface area contributed by atoms with Gasteiger partial charge in [0.2, 0.25) is 0 Å². The number of fused-ring (bicyclic) bond motifs is 1. The van der Waals surface area contributed by atoms with Crippen LogP contribution in [0.2, 0.25) is 0 Å². The Morgan fingerprint density at radius 1 is 1.37 bits per heavy atom. The Hall–Kier alpha value is -2.35. The van der Waals surface area contributed by atoms with E-state index in [1.165, 1.54) is 25.0 Å². The van der Waals surface area contributed by atoms with Crippen LogP contribution < -0.4 is 0 Å². The Kier molecular flexibility index (Phi) is 2.71. The van der Waals surface area contributed by atoms with Gasteiger partial charge in [0.05, 0.1) is 16.0 Å². The number of benzene rings is 1. The molecule has 0 spiro atoms. The fraction of sp³-hybridized carbons (Fsp3) is 0.357. The van der Waals surface area contributed by atoms with E-state index in [0.717, 1.165) is 18.4 Å². The first kappa shape index (κ1) is 11.7. The van der Waals surface area contributed by atoms with E-state index < -0.39 is 4.92 Å². The molecule has 1 aliphatic rings. The summed E-state index contributed by atoms with van der Waals surface area (Å²) in [5, 5.41) is 20.7. The Labute approximate surface area is 110 Å². The molecule has 5 heteroatoms. The van der Waals surface area contributed by atoms with Gasteiger partial charge in [0.25, 0.3) is 5.69 Å². The molecule has 0 aliphatic heterocycles. The van der Waals surface area contributed by atoms with Crippen molar-refractivity contribution in [1.29, 1.82) is 5.26 Å². The zero-order valence-electron chi connectivity index (χ0n) is 10.4. The van der Waals surface area contributed by atoms with E-state index in [-0.39, 0.29) is 5.69 Å². The first-order valence-electron chi connectivity index (χ1n) is 6.40. The molecular weight excluding hydrogens is 242 g/mol. The number of non-ortho nitro benzene ring substituents is 1. The lowest BCUT2D eigenvalue weighted by Gasteiger charge is -2.12. The molecule has 0 radical (unpaired) electrons. The average Bonchev–Trinajstić information content (AvgIpc) is 3.04. The van der Waals surface area contributed by atoms with Crippen LogP contribution in [0.3, 0.4) is 0 Å². The maximum absolute atomic E-state index is 10.8. The van der Waals surface area contributed by atoms with Gasteiger partial charge in [0.15, 0.2) is 0 Å². The highest BCUT2D eigenvalue weighted by Crippen LogP contribution is 2.35. The Bertz CT molecular complexity index is 691. The Morgan fingerprint density at radius 2 is 2.11 bits per heavy atom. The predicted octanol–water partition coefficient (Wildman–Crippen LogP) is 3.54. The number of hydrogen-bond acceptors (Lipinski definition) is 3. The van der Waals surface area contributed by atoms with Gasteiger partial charge < -0.3 is 4.57 Å². The molecule has 1 aromatic carbocycles. The first-order chi connectivity index (χ1) is 9.20. The van der Waals surface area contributed by atoms with E-state index in [0.29, 0.717) is 17.0 Å². The van der Waals surface area contributed by atoms with Crippen LogP contribution in [0, 0.1) is 21.4 Å². The number of aromatic nitrogens is 1. The molecule has 96 valence electrons. The van der Waals surface area contributed by atoms with Crippen molar-refractivity contribution in [3.05, 3.63) is 40.1 Å². The molecular formula is C14H13N3O2. The normalized spacial score (nSPS) is 15.7. The molecule has 0 bridgehead atoms. The summed E-state index contributed by atoms with van der Waals surface area (Å²) in [7, 11) is 0. The van der Waals surface area contributed by atoms with E-state index in [2.05, 4.69) is 10.6 Å². The standard InChI is InChI=1S/C14H13N3O2/c15-8-10-9-16(11-3-1-2-4-11)14-6-5-12(17(18)19)7-13(10)14/h5-7,9,11H,1-4H2. The average molecular weight is 255 g/mol. The smallest absolute Gasteiger partial charge is 0.270 e. The molecule has 1 saturated carbocycles. The lowest BCUT2D eigenvalue weighted by Crippen LogP contribution is -2.02. The van der Waals surface area contributed by atoms with Gasteiger partial charge in [0, 0.05) is 29.8 Å². The van der Waals surface area contributed by atoms with Gasteiger partial charge >= 0.3 is 0 Å². The predicted molar refractivity (Wildman–Crippen MR) is 70.8 cm³/mol. The molecule has 0 unspecified atom stereocenters. The van der Waals surface area contributed by atoms with Crippen molar-refractivity contribution in [2.75, 3.05) is 0 Å². The van der Waals surface area contributed by atoms with Gasteiger partial charge in [-0.2, -0.15) is 5.26 Å². The lowest BCUT2D eigenvalue weighted by molar-refractivity contribution is -0.384. The second-order valence-corrected chi connectivity index (χ2v) is 4.96.